The molecule has 1 aliphatic rings. The molecule has 1 fully saturated rings. The lowest BCUT2D eigenvalue weighted by atomic mass is 10.3. The Kier molecular flexibility index (Phi) is 2.30. The van der Waals surface area contributed by atoms with E-state index in [-0.39, 0.29) is 6.10 Å². The molecule has 1 aromatic rings. The summed E-state index contributed by atoms with van der Waals surface area (Å²) in [6, 6.07) is 3.71. The zero-order valence-electron chi connectivity index (χ0n) is 7.50. The van der Waals surface area contributed by atoms with Crippen LogP contribution in [0.25, 0.3) is 0 Å². The molecule has 1 aromatic heterocycles. The van der Waals surface area contributed by atoms with Gasteiger partial charge in [-0.2, -0.15) is 5.10 Å². The summed E-state index contributed by atoms with van der Waals surface area (Å²) in [5.41, 5.74) is 1.65. The first-order valence-electron chi connectivity index (χ1n) is 4.16. The number of hydrazone groups is 1. The fourth-order valence-corrected chi connectivity index (χ4v) is 1.10. The molecule has 0 saturated carbocycles. The van der Waals surface area contributed by atoms with Gasteiger partial charge in [-0.05, 0) is 12.1 Å². The largest absolute Gasteiger partial charge is 0.366 e. The van der Waals surface area contributed by atoms with E-state index in [1.807, 2.05) is 12.1 Å². The van der Waals surface area contributed by atoms with Crippen molar-refractivity contribution in [2.45, 2.75) is 6.10 Å². The standard InChI is InChI=1S/C8H11N5O/c9-12-5-13(10)6-1-2-7(11-3-6)8-4-14-8/h1-3,5,8H,4,9-10H2/b12-5-/t8-/m1/s1. The summed E-state index contributed by atoms with van der Waals surface area (Å²) in [6.45, 7) is 0.753. The minimum absolute atomic E-state index is 0.165. The lowest BCUT2D eigenvalue weighted by Gasteiger charge is -2.11. The maximum atomic E-state index is 5.58. The topological polar surface area (TPSA) is 93.1 Å². The number of hydrogen-bond donors (Lipinski definition) is 2. The maximum Gasteiger partial charge on any atom is 0.129 e. The fraction of sp³-hybridized carbons (Fsp3) is 0.250. The third-order valence-corrected chi connectivity index (χ3v) is 1.92. The van der Waals surface area contributed by atoms with Gasteiger partial charge in [0, 0.05) is 0 Å². The van der Waals surface area contributed by atoms with Crippen molar-refractivity contribution < 1.29 is 4.74 Å². The number of aromatic nitrogens is 1. The predicted octanol–water partition coefficient (Wildman–Crippen LogP) is -0.265. The van der Waals surface area contributed by atoms with Gasteiger partial charge in [-0.1, -0.05) is 0 Å². The predicted molar refractivity (Wildman–Crippen MR) is 52.3 cm³/mol. The molecule has 1 aliphatic heterocycles. The zero-order chi connectivity index (χ0) is 9.97. The summed E-state index contributed by atoms with van der Waals surface area (Å²) in [7, 11) is 0. The van der Waals surface area contributed by atoms with Crippen molar-refractivity contribution in [3.8, 4) is 0 Å². The highest BCUT2D eigenvalue weighted by atomic mass is 16.6. The maximum absolute atomic E-state index is 5.58. The fourth-order valence-electron chi connectivity index (χ4n) is 1.10. The number of pyridine rings is 1. The van der Waals surface area contributed by atoms with Crippen LogP contribution < -0.4 is 16.7 Å². The van der Waals surface area contributed by atoms with Crippen molar-refractivity contribution in [1.82, 2.24) is 4.98 Å². The summed E-state index contributed by atoms with van der Waals surface area (Å²) < 4.78 is 5.09. The van der Waals surface area contributed by atoms with Gasteiger partial charge < -0.3 is 10.6 Å². The van der Waals surface area contributed by atoms with E-state index in [1.54, 1.807) is 6.20 Å². The lowest BCUT2D eigenvalue weighted by molar-refractivity contribution is 0.411. The molecule has 0 bridgehead atoms. The number of hydrazine groups is 1. The van der Waals surface area contributed by atoms with Crippen LogP contribution in [0.4, 0.5) is 5.69 Å². The van der Waals surface area contributed by atoms with Gasteiger partial charge in [0.05, 0.1) is 24.2 Å². The third kappa shape index (κ3) is 1.81. The first-order valence-corrected chi connectivity index (χ1v) is 4.16. The average Bonchev–Trinajstić information content (AvgIpc) is 3.02. The normalized spacial score (nSPS) is 19.9. The first kappa shape index (κ1) is 8.92. The Morgan fingerprint density at radius 2 is 2.43 bits per heavy atom. The quantitative estimate of drug-likeness (QED) is 0.227. The van der Waals surface area contributed by atoms with Crippen LogP contribution in [0.2, 0.25) is 0 Å². The average molecular weight is 193 g/mol. The van der Waals surface area contributed by atoms with E-state index in [1.165, 1.54) is 11.3 Å². The van der Waals surface area contributed by atoms with E-state index >= 15 is 0 Å². The molecule has 6 heteroatoms. The molecule has 1 atom stereocenters. The van der Waals surface area contributed by atoms with Crippen molar-refractivity contribution in [2.24, 2.45) is 16.8 Å². The number of epoxide rings is 1. The summed E-state index contributed by atoms with van der Waals surface area (Å²) in [4.78, 5) is 4.19. The molecule has 0 spiro atoms. The van der Waals surface area contributed by atoms with Crippen LogP contribution in [0, 0.1) is 0 Å². The second-order valence-electron chi connectivity index (χ2n) is 2.94. The van der Waals surface area contributed by atoms with Gasteiger partial charge in [0.2, 0.25) is 0 Å². The van der Waals surface area contributed by atoms with Crippen molar-refractivity contribution >= 4 is 12.0 Å². The molecule has 0 unspecified atom stereocenters. The number of anilines is 1. The molecule has 4 N–H and O–H groups in total. The van der Waals surface area contributed by atoms with Crippen LogP contribution in [0.3, 0.4) is 0 Å². The molecule has 0 aromatic carbocycles. The lowest BCUT2D eigenvalue weighted by Crippen LogP contribution is -2.29. The molecule has 0 radical (unpaired) electrons. The summed E-state index contributed by atoms with van der Waals surface area (Å²) in [5, 5.41) is 4.60. The van der Waals surface area contributed by atoms with Crippen molar-refractivity contribution in [3.63, 3.8) is 0 Å². The van der Waals surface area contributed by atoms with Crippen LogP contribution in [0.15, 0.2) is 23.4 Å². The number of nitrogens with zero attached hydrogens (tertiary/aromatic N) is 3. The molecule has 74 valence electrons. The molecule has 0 amide bonds. The van der Waals surface area contributed by atoms with E-state index in [0.717, 1.165) is 18.0 Å². The summed E-state index contributed by atoms with van der Waals surface area (Å²) >= 11 is 0. The van der Waals surface area contributed by atoms with Gasteiger partial charge in [0.25, 0.3) is 0 Å². The van der Waals surface area contributed by atoms with Gasteiger partial charge in [0.1, 0.15) is 12.4 Å². The Morgan fingerprint density at radius 1 is 1.64 bits per heavy atom. The van der Waals surface area contributed by atoms with E-state index in [0.29, 0.717) is 0 Å². The molecule has 2 rings (SSSR count). The summed E-state index contributed by atoms with van der Waals surface area (Å²) in [6.07, 6.45) is 3.13. The Balaban J connectivity index is 2.12. The SMILES string of the molecule is N/N=C\N(N)c1ccc([C@H]2CO2)nc1. The Labute approximate surface area is 81.1 Å². The second-order valence-corrected chi connectivity index (χ2v) is 2.94. The van der Waals surface area contributed by atoms with E-state index in [4.69, 9.17) is 16.4 Å². The van der Waals surface area contributed by atoms with E-state index < -0.39 is 0 Å². The van der Waals surface area contributed by atoms with Crippen molar-refractivity contribution in [2.75, 3.05) is 11.6 Å². The highest BCUT2D eigenvalue weighted by Gasteiger charge is 2.25. The van der Waals surface area contributed by atoms with Crippen LogP contribution in [0.5, 0.6) is 0 Å². The smallest absolute Gasteiger partial charge is 0.129 e. The van der Waals surface area contributed by atoms with Gasteiger partial charge in [-0.25, -0.2) is 5.84 Å². The zero-order valence-corrected chi connectivity index (χ0v) is 7.50. The first-order chi connectivity index (χ1) is 6.81. The molecular weight excluding hydrogens is 182 g/mol. The highest BCUT2D eigenvalue weighted by molar-refractivity contribution is 5.76. The minimum atomic E-state index is 0.165. The molecule has 1 saturated heterocycles. The highest BCUT2D eigenvalue weighted by Crippen LogP contribution is 2.28. The summed E-state index contributed by atoms with van der Waals surface area (Å²) in [5.74, 6) is 10.5. The monoisotopic (exact) mass is 193 g/mol. The van der Waals surface area contributed by atoms with Gasteiger partial charge >= 0.3 is 0 Å². The third-order valence-electron chi connectivity index (χ3n) is 1.92. The van der Waals surface area contributed by atoms with Gasteiger partial charge in [-0.3, -0.25) is 9.99 Å². The van der Waals surface area contributed by atoms with Gasteiger partial charge in [-0.15, -0.1) is 0 Å². The molecule has 6 nitrogen and oxygen atoms in total. The molecular formula is C8H11N5O. The van der Waals surface area contributed by atoms with Crippen molar-refractivity contribution in [3.05, 3.63) is 24.0 Å². The minimum Gasteiger partial charge on any atom is -0.366 e. The second kappa shape index (κ2) is 3.60. The molecule has 2 heterocycles. The van der Waals surface area contributed by atoms with Crippen LogP contribution >= 0.6 is 0 Å². The van der Waals surface area contributed by atoms with Gasteiger partial charge in [0.15, 0.2) is 0 Å². The molecule has 0 aliphatic carbocycles. The van der Waals surface area contributed by atoms with Crippen LogP contribution in [-0.4, -0.2) is 17.9 Å². The Bertz CT molecular complexity index is 332. The number of rotatable bonds is 3. The van der Waals surface area contributed by atoms with Crippen LogP contribution in [0.1, 0.15) is 11.8 Å². The Hall–Kier alpha value is -1.66. The molecule has 14 heavy (non-hydrogen) atoms. The number of nitrogens with two attached hydrogens (primary N) is 2. The Morgan fingerprint density at radius 3 is 2.93 bits per heavy atom. The number of ether oxygens (including phenoxy) is 1. The van der Waals surface area contributed by atoms with Crippen molar-refractivity contribution in [1.29, 1.82) is 0 Å². The number of hydrogen-bond acceptors (Lipinski definition) is 5. The van der Waals surface area contributed by atoms with Crippen LogP contribution in [-0.2, 0) is 4.74 Å². The van der Waals surface area contributed by atoms with E-state index in [2.05, 4.69) is 10.1 Å². The van der Waals surface area contributed by atoms with E-state index in [9.17, 15) is 0 Å².